The fourth-order valence-electron chi connectivity index (χ4n) is 4.08. The molecule has 0 bridgehead atoms. The summed E-state index contributed by atoms with van der Waals surface area (Å²) in [5, 5.41) is 10.00. The highest BCUT2D eigenvalue weighted by Gasteiger charge is 2.20. The number of thiophene rings is 1. The number of carbonyl (C=O) groups excluding carboxylic acids is 1. The Balaban J connectivity index is 1.34. The van der Waals surface area contributed by atoms with Crippen molar-refractivity contribution in [2.45, 2.75) is 38.4 Å². The molecule has 4 heterocycles. The van der Waals surface area contributed by atoms with Gasteiger partial charge in [0.1, 0.15) is 11.2 Å². The Hall–Kier alpha value is -3.02. The van der Waals surface area contributed by atoms with E-state index < -0.39 is 0 Å². The molecule has 5 rings (SSSR count). The summed E-state index contributed by atoms with van der Waals surface area (Å²) in [6, 6.07) is 9.92. The Labute approximate surface area is 204 Å². The van der Waals surface area contributed by atoms with Gasteiger partial charge in [-0.25, -0.2) is 9.66 Å². The fourth-order valence-corrected chi connectivity index (χ4v) is 5.84. The van der Waals surface area contributed by atoms with E-state index in [4.69, 9.17) is 0 Å². The zero-order chi connectivity index (χ0) is 23.7. The van der Waals surface area contributed by atoms with Gasteiger partial charge in [0, 0.05) is 10.6 Å². The topological polar surface area (TPSA) is 97.9 Å². The van der Waals surface area contributed by atoms with Crippen molar-refractivity contribution in [1.29, 1.82) is 0 Å². The average molecular weight is 496 g/mol. The quantitative estimate of drug-likeness (QED) is 0.394. The number of hydrogen-bond donors (Lipinski definition) is 1. The third-order valence-corrected chi connectivity index (χ3v) is 7.99. The molecule has 4 aromatic rings. The maximum Gasteiger partial charge on any atom is 0.281 e. The zero-order valence-electron chi connectivity index (χ0n) is 19.0. The van der Waals surface area contributed by atoms with Crippen LogP contribution < -0.4 is 11.0 Å². The minimum atomic E-state index is -0.318. The lowest BCUT2D eigenvalue weighted by molar-refractivity contribution is -0.114. The predicted molar refractivity (Wildman–Crippen MR) is 134 cm³/mol. The van der Waals surface area contributed by atoms with E-state index in [1.54, 1.807) is 0 Å². The highest BCUT2D eigenvalue weighted by atomic mass is 32.2. The van der Waals surface area contributed by atoms with Crippen molar-refractivity contribution in [1.82, 2.24) is 29.3 Å². The number of fused-ring (bicyclic) bond motifs is 1. The van der Waals surface area contributed by atoms with Crippen LogP contribution >= 0.6 is 23.1 Å². The second kappa shape index (κ2) is 9.69. The first kappa shape index (κ1) is 22.8. The molecule has 0 aliphatic carbocycles. The van der Waals surface area contributed by atoms with Crippen molar-refractivity contribution in [2.75, 3.05) is 24.3 Å². The first-order valence-electron chi connectivity index (χ1n) is 11.1. The van der Waals surface area contributed by atoms with E-state index in [0.29, 0.717) is 15.4 Å². The molecule has 1 N–H and O–H groups in total. The second-order valence-corrected chi connectivity index (χ2v) is 10.4. The van der Waals surface area contributed by atoms with Crippen LogP contribution in [0.5, 0.6) is 0 Å². The van der Waals surface area contributed by atoms with Crippen molar-refractivity contribution in [3.8, 4) is 5.69 Å². The van der Waals surface area contributed by atoms with Gasteiger partial charge in [0.25, 0.3) is 5.56 Å². The maximum atomic E-state index is 12.9. The number of para-hydroxylation sites is 1. The number of rotatable bonds is 7. The molecule has 176 valence electrons. The van der Waals surface area contributed by atoms with E-state index in [0.717, 1.165) is 46.3 Å². The highest BCUT2D eigenvalue weighted by molar-refractivity contribution is 7.99. The van der Waals surface area contributed by atoms with Crippen LogP contribution in [0.2, 0.25) is 0 Å². The molecule has 0 spiro atoms. The van der Waals surface area contributed by atoms with E-state index in [9.17, 15) is 9.59 Å². The van der Waals surface area contributed by atoms with Crippen molar-refractivity contribution < 1.29 is 4.79 Å². The van der Waals surface area contributed by atoms with E-state index in [2.05, 4.69) is 25.5 Å². The Morgan fingerprint density at radius 1 is 1.15 bits per heavy atom. The number of amides is 1. The molecule has 0 radical (unpaired) electrons. The summed E-state index contributed by atoms with van der Waals surface area (Å²) in [5.74, 6) is 0.618. The molecule has 0 saturated carbocycles. The van der Waals surface area contributed by atoms with Crippen molar-refractivity contribution >= 4 is 39.2 Å². The second-order valence-electron chi connectivity index (χ2n) is 8.26. The average Bonchev–Trinajstić information content (AvgIpc) is 3.56. The highest BCUT2D eigenvalue weighted by Crippen LogP contribution is 2.26. The predicted octanol–water partition coefficient (Wildman–Crippen LogP) is 3.11. The first-order chi connectivity index (χ1) is 16.5. The SMILES string of the molecule is Cc1sc2ncn(NC(=O)CSc3nnc(CN4CCCC4)n3-c3ccccc3)c(=O)c2c1C. The molecule has 1 fully saturated rings. The lowest BCUT2D eigenvalue weighted by atomic mass is 10.2. The molecule has 3 aromatic heterocycles. The number of likely N-dealkylation sites (tertiary alicyclic amines) is 1. The summed E-state index contributed by atoms with van der Waals surface area (Å²) in [4.78, 5) is 34.0. The first-order valence-corrected chi connectivity index (χ1v) is 12.9. The molecule has 11 heteroatoms. The number of nitrogens with one attached hydrogen (secondary N) is 1. The van der Waals surface area contributed by atoms with Crippen molar-refractivity contribution in [3.05, 3.63) is 63.3 Å². The molecule has 34 heavy (non-hydrogen) atoms. The van der Waals surface area contributed by atoms with E-state index in [1.807, 2.05) is 48.7 Å². The molecular formula is C23H25N7O2S2. The van der Waals surface area contributed by atoms with Gasteiger partial charge in [-0.2, -0.15) is 0 Å². The van der Waals surface area contributed by atoms with Crippen LogP contribution in [0.25, 0.3) is 15.9 Å². The summed E-state index contributed by atoms with van der Waals surface area (Å²) in [5.41, 5.74) is 4.24. The van der Waals surface area contributed by atoms with Crippen LogP contribution in [0.15, 0.2) is 46.6 Å². The lowest BCUT2D eigenvalue weighted by Gasteiger charge is -2.16. The van der Waals surface area contributed by atoms with Crippen LogP contribution in [0.4, 0.5) is 0 Å². The van der Waals surface area contributed by atoms with Crippen LogP contribution in [0, 0.1) is 13.8 Å². The van der Waals surface area contributed by atoms with Gasteiger partial charge in [0.15, 0.2) is 11.0 Å². The third kappa shape index (κ3) is 4.50. The monoisotopic (exact) mass is 495 g/mol. The molecule has 1 aliphatic rings. The van der Waals surface area contributed by atoms with Crippen molar-refractivity contribution in [3.63, 3.8) is 0 Å². The van der Waals surface area contributed by atoms with Gasteiger partial charge in [-0.1, -0.05) is 30.0 Å². The molecule has 1 saturated heterocycles. The normalized spacial score (nSPS) is 14.2. The number of benzene rings is 1. The van der Waals surface area contributed by atoms with Crippen LogP contribution in [0.3, 0.4) is 0 Å². The van der Waals surface area contributed by atoms with E-state index in [1.165, 1.54) is 42.3 Å². The largest absolute Gasteiger partial charge is 0.296 e. The Morgan fingerprint density at radius 3 is 2.68 bits per heavy atom. The molecule has 9 nitrogen and oxygen atoms in total. The number of aryl methyl sites for hydroxylation is 2. The summed E-state index contributed by atoms with van der Waals surface area (Å²) < 4.78 is 3.17. The number of hydrogen-bond acceptors (Lipinski definition) is 8. The summed E-state index contributed by atoms with van der Waals surface area (Å²) in [6.07, 6.45) is 3.76. The van der Waals surface area contributed by atoms with Gasteiger partial charge in [0.2, 0.25) is 5.91 Å². The molecule has 1 aromatic carbocycles. The van der Waals surface area contributed by atoms with Gasteiger partial charge in [-0.3, -0.25) is 24.5 Å². The smallest absolute Gasteiger partial charge is 0.281 e. The van der Waals surface area contributed by atoms with Crippen LogP contribution in [-0.4, -0.2) is 54.1 Å². The third-order valence-electron chi connectivity index (χ3n) is 5.95. The Kier molecular flexibility index (Phi) is 6.48. The van der Waals surface area contributed by atoms with Crippen molar-refractivity contribution in [2.24, 2.45) is 0 Å². The Morgan fingerprint density at radius 2 is 1.91 bits per heavy atom. The van der Waals surface area contributed by atoms with Crippen LogP contribution in [0.1, 0.15) is 29.1 Å². The minimum absolute atomic E-state index is 0.0841. The number of carbonyl (C=O) groups is 1. The molecule has 1 amide bonds. The van der Waals surface area contributed by atoms with Gasteiger partial charge < -0.3 is 0 Å². The molecule has 0 unspecified atom stereocenters. The lowest BCUT2D eigenvalue weighted by Crippen LogP contribution is -2.34. The minimum Gasteiger partial charge on any atom is -0.296 e. The van der Waals surface area contributed by atoms with Gasteiger partial charge in [-0.15, -0.1) is 21.5 Å². The van der Waals surface area contributed by atoms with Gasteiger partial charge >= 0.3 is 0 Å². The number of thioether (sulfide) groups is 1. The standard InChI is InChI=1S/C23H25N7O2S2/c1-15-16(2)34-21-20(15)22(32)29(14-24-21)27-19(31)13-33-23-26-25-18(12-28-10-6-7-11-28)30(23)17-8-4-3-5-9-17/h3-5,8-9,14H,6-7,10-13H2,1-2H3,(H,27,31). The van der Waals surface area contributed by atoms with Gasteiger partial charge in [-0.05, 0) is 57.5 Å². The molecular weight excluding hydrogens is 470 g/mol. The fraction of sp³-hybridized carbons (Fsp3) is 0.348. The van der Waals surface area contributed by atoms with Gasteiger partial charge in [0.05, 0.1) is 17.7 Å². The Bertz CT molecular complexity index is 1390. The summed E-state index contributed by atoms with van der Waals surface area (Å²) in [7, 11) is 0. The van der Waals surface area contributed by atoms with Crippen LogP contribution in [-0.2, 0) is 11.3 Å². The summed E-state index contributed by atoms with van der Waals surface area (Å²) in [6.45, 7) is 6.69. The number of aromatic nitrogens is 5. The van der Waals surface area contributed by atoms with E-state index >= 15 is 0 Å². The zero-order valence-corrected chi connectivity index (χ0v) is 20.7. The molecule has 0 atom stereocenters. The maximum absolute atomic E-state index is 12.9. The van der Waals surface area contributed by atoms with E-state index in [-0.39, 0.29) is 17.2 Å². The summed E-state index contributed by atoms with van der Waals surface area (Å²) >= 11 is 2.77. The molecule has 1 aliphatic heterocycles. The number of nitrogens with zero attached hydrogens (tertiary/aromatic N) is 6.